The second-order valence-electron chi connectivity index (χ2n) is 12.5. The van der Waals surface area contributed by atoms with Crippen molar-refractivity contribution < 1.29 is 17.6 Å². The van der Waals surface area contributed by atoms with Gasteiger partial charge in [0.1, 0.15) is 23.0 Å². The topological polar surface area (TPSA) is 57.4 Å². The van der Waals surface area contributed by atoms with Gasteiger partial charge in [0.25, 0.3) is 0 Å². The molecule has 8 heteroatoms. The van der Waals surface area contributed by atoms with Gasteiger partial charge < -0.3 is 9.97 Å². The van der Waals surface area contributed by atoms with Crippen LogP contribution in [-0.4, -0.2) is 19.9 Å². The van der Waals surface area contributed by atoms with Crippen LogP contribution >= 0.6 is 0 Å². The summed E-state index contributed by atoms with van der Waals surface area (Å²) in [6, 6.07) is 38.4. The number of aromatic amines is 2. The molecule has 9 rings (SSSR count). The number of benzene rings is 4. The molecule has 52 heavy (non-hydrogen) atoms. The highest BCUT2D eigenvalue weighted by Gasteiger charge is 2.26. The Morgan fingerprint density at radius 1 is 0.385 bits per heavy atom. The maximum atomic E-state index is 16.5. The first-order valence-electron chi connectivity index (χ1n) is 16.6. The van der Waals surface area contributed by atoms with Gasteiger partial charge in [-0.25, -0.2) is 27.5 Å². The van der Waals surface area contributed by atoms with E-state index in [0.29, 0.717) is 22.3 Å². The van der Waals surface area contributed by atoms with Crippen LogP contribution in [0.15, 0.2) is 133 Å². The van der Waals surface area contributed by atoms with Crippen molar-refractivity contribution in [2.45, 2.75) is 0 Å². The molecular weight excluding hydrogens is 661 g/mol. The fourth-order valence-corrected chi connectivity index (χ4v) is 6.99. The molecule has 0 saturated heterocycles. The maximum absolute atomic E-state index is 16.5. The summed E-state index contributed by atoms with van der Waals surface area (Å²) in [4.78, 5) is 16.0. The van der Waals surface area contributed by atoms with Gasteiger partial charge in [-0.1, -0.05) is 121 Å². The Balaban J connectivity index is 1.56. The van der Waals surface area contributed by atoms with Crippen LogP contribution in [0.4, 0.5) is 17.6 Å². The standard InChI is InChI=1S/C44H26F4N4/c45-29-22-34-38(26-15-7-2-8-16-26)43-31(47)24-36(52-43)40(28-19-11-4-12-20-28)44-32(48)23-35(51-44)39(27-17-9-3-10-18-27)42-30(46)21-33(49-42)37(41(29)50-34)25-13-5-1-6-14-25/h1-24,49,52H. The molecule has 0 amide bonds. The molecule has 0 saturated carbocycles. The van der Waals surface area contributed by atoms with Crippen LogP contribution in [0.25, 0.3) is 90.4 Å². The van der Waals surface area contributed by atoms with E-state index in [4.69, 9.17) is 9.97 Å². The Kier molecular flexibility index (Phi) is 7.51. The number of nitrogens with one attached hydrogen (secondary N) is 2. The van der Waals surface area contributed by atoms with Crippen LogP contribution in [0.5, 0.6) is 0 Å². The largest absolute Gasteiger partial charge is 0.352 e. The smallest absolute Gasteiger partial charge is 0.151 e. The zero-order valence-corrected chi connectivity index (χ0v) is 27.3. The zero-order chi connectivity index (χ0) is 35.3. The van der Waals surface area contributed by atoms with E-state index in [2.05, 4.69) is 9.97 Å². The third kappa shape index (κ3) is 5.24. The molecule has 8 bridgehead atoms. The molecule has 0 radical (unpaired) electrons. The number of aromatic nitrogens is 4. The number of nitrogens with zero attached hydrogens (tertiary/aromatic N) is 2. The fraction of sp³-hybridized carbons (Fsp3) is 0. The minimum Gasteiger partial charge on any atom is -0.352 e. The normalized spacial score (nSPS) is 12.5. The molecule has 4 nitrogen and oxygen atoms in total. The summed E-state index contributed by atoms with van der Waals surface area (Å²) in [7, 11) is 0. The third-order valence-corrected chi connectivity index (χ3v) is 9.26. The van der Waals surface area contributed by atoms with Crippen molar-refractivity contribution in [3.8, 4) is 44.5 Å². The lowest BCUT2D eigenvalue weighted by Gasteiger charge is -2.07. The molecule has 0 spiro atoms. The highest BCUT2D eigenvalue weighted by molar-refractivity contribution is 6.02. The molecule has 5 heterocycles. The van der Waals surface area contributed by atoms with E-state index < -0.39 is 23.3 Å². The average Bonchev–Trinajstić information content (AvgIpc) is 3.94. The summed E-state index contributed by atoms with van der Waals surface area (Å²) in [6.07, 6.45) is 2.51. The fourth-order valence-electron chi connectivity index (χ4n) is 6.99. The molecule has 0 unspecified atom stereocenters. The van der Waals surface area contributed by atoms with Crippen molar-refractivity contribution in [1.82, 2.24) is 19.9 Å². The van der Waals surface area contributed by atoms with Crippen LogP contribution < -0.4 is 0 Å². The van der Waals surface area contributed by atoms with Crippen LogP contribution in [0, 0.1) is 11.6 Å². The van der Waals surface area contributed by atoms with Crippen molar-refractivity contribution in [3.63, 3.8) is 0 Å². The number of hydrogen-bond acceptors (Lipinski definition) is 2. The SMILES string of the molecule is FC1=Cc2nc1c(-c1ccccc1)c1cc(F)c([nH]1)c(-c1ccccc1)c1nc(c(-c3ccccc3)c3cc(F)c([nH]3)c2-c2ccccc2)C(F)=C1. The van der Waals surface area contributed by atoms with Crippen LogP contribution in [0.2, 0.25) is 0 Å². The van der Waals surface area contributed by atoms with Gasteiger partial charge in [0, 0.05) is 46.5 Å². The average molecular weight is 687 g/mol. The molecule has 250 valence electrons. The molecule has 0 atom stereocenters. The van der Waals surface area contributed by atoms with Gasteiger partial charge in [0.2, 0.25) is 0 Å². The number of hydrogen-bond donors (Lipinski definition) is 2. The lowest BCUT2D eigenvalue weighted by Crippen LogP contribution is -1.90. The highest BCUT2D eigenvalue weighted by Crippen LogP contribution is 2.42. The molecule has 0 fully saturated rings. The predicted molar refractivity (Wildman–Crippen MR) is 201 cm³/mol. The van der Waals surface area contributed by atoms with Crippen molar-refractivity contribution in [1.29, 1.82) is 0 Å². The molecule has 3 aromatic heterocycles. The number of halogens is 4. The Morgan fingerprint density at radius 3 is 1.02 bits per heavy atom. The van der Waals surface area contributed by atoms with E-state index in [0.717, 1.165) is 0 Å². The van der Waals surface area contributed by atoms with Crippen molar-refractivity contribution >= 4 is 45.9 Å². The van der Waals surface area contributed by atoms with E-state index in [9.17, 15) is 0 Å². The zero-order valence-electron chi connectivity index (χ0n) is 27.3. The molecule has 2 N–H and O–H groups in total. The van der Waals surface area contributed by atoms with Crippen LogP contribution in [0.3, 0.4) is 0 Å². The quantitative estimate of drug-likeness (QED) is 0.181. The Hall–Kier alpha value is -6.80. The maximum Gasteiger partial charge on any atom is 0.151 e. The molecular formula is C44H26F4N4. The highest BCUT2D eigenvalue weighted by atomic mass is 19.1. The van der Waals surface area contributed by atoms with Gasteiger partial charge in [0.15, 0.2) is 11.7 Å². The second-order valence-corrected chi connectivity index (χ2v) is 12.5. The Morgan fingerprint density at radius 2 is 0.692 bits per heavy atom. The van der Waals surface area contributed by atoms with E-state index >= 15 is 17.6 Å². The second kappa shape index (κ2) is 12.5. The van der Waals surface area contributed by atoms with Gasteiger partial charge in [0.05, 0.1) is 33.5 Å². The third-order valence-electron chi connectivity index (χ3n) is 9.26. The van der Waals surface area contributed by atoms with Crippen LogP contribution in [0.1, 0.15) is 22.8 Å². The molecule has 7 aromatic rings. The monoisotopic (exact) mass is 686 g/mol. The van der Waals surface area contributed by atoms with Crippen LogP contribution in [-0.2, 0) is 0 Å². The Bertz CT molecular complexity index is 2560. The lowest BCUT2D eigenvalue weighted by molar-refractivity contribution is 0.641. The molecule has 2 aliphatic rings. The van der Waals surface area contributed by atoms with Crippen molar-refractivity contribution in [3.05, 3.63) is 168 Å². The first-order chi connectivity index (χ1) is 25.4. The van der Waals surface area contributed by atoms with E-state index in [1.807, 2.05) is 24.3 Å². The van der Waals surface area contributed by atoms with Gasteiger partial charge in [-0.05, 0) is 22.3 Å². The first-order valence-corrected chi connectivity index (χ1v) is 16.6. The van der Waals surface area contributed by atoms with E-state index in [1.165, 1.54) is 24.3 Å². The molecule has 0 aliphatic carbocycles. The van der Waals surface area contributed by atoms with Gasteiger partial charge in [-0.3, -0.25) is 0 Å². The van der Waals surface area contributed by atoms with Gasteiger partial charge in [-0.15, -0.1) is 0 Å². The number of H-pyrrole nitrogens is 2. The summed E-state index contributed by atoms with van der Waals surface area (Å²) in [6.45, 7) is 0. The minimum absolute atomic E-state index is 0.0314. The van der Waals surface area contributed by atoms with E-state index in [1.54, 1.807) is 97.1 Å². The number of rotatable bonds is 4. The number of fused-ring (bicyclic) bond motifs is 8. The lowest BCUT2D eigenvalue weighted by atomic mass is 10.0. The summed E-state index contributed by atoms with van der Waals surface area (Å²) in [5.41, 5.74) is 4.15. The summed E-state index contributed by atoms with van der Waals surface area (Å²) >= 11 is 0. The predicted octanol–water partition coefficient (Wildman–Crippen LogP) is 12.2. The summed E-state index contributed by atoms with van der Waals surface area (Å²) < 4.78 is 65.9. The van der Waals surface area contributed by atoms with E-state index in [-0.39, 0.29) is 67.1 Å². The Labute approximate surface area is 295 Å². The van der Waals surface area contributed by atoms with Gasteiger partial charge >= 0.3 is 0 Å². The summed E-state index contributed by atoms with van der Waals surface area (Å²) in [5, 5.41) is 0. The molecule has 2 aliphatic heterocycles. The first kappa shape index (κ1) is 31.2. The van der Waals surface area contributed by atoms with Crippen molar-refractivity contribution in [2.75, 3.05) is 0 Å². The minimum atomic E-state index is -0.678. The van der Waals surface area contributed by atoms with Crippen molar-refractivity contribution in [2.24, 2.45) is 0 Å². The van der Waals surface area contributed by atoms with Gasteiger partial charge in [-0.2, -0.15) is 0 Å². The summed E-state index contributed by atoms with van der Waals surface area (Å²) in [5.74, 6) is -2.65. The molecule has 4 aromatic carbocycles.